The minimum Gasteiger partial charge on any atom is -0.408 e. The molecule has 0 unspecified atom stereocenters. The number of aromatic amines is 1. The van der Waals surface area contributed by atoms with E-state index < -0.39 is 5.76 Å². The van der Waals surface area contributed by atoms with Crippen molar-refractivity contribution in [3.8, 4) is 0 Å². The number of fused-ring (bicyclic) bond motifs is 1. The Balaban J connectivity index is 1.47. The van der Waals surface area contributed by atoms with Gasteiger partial charge in [0, 0.05) is 51.2 Å². The molecule has 4 rings (SSSR count). The molecule has 0 atom stereocenters. The van der Waals surface area contributed by atoms with Crippen molar-refractivity contribution in [3.63, 3.8) is 0 Å². The number of nitrogens with zero attached hydrogens (tertiary/aromatic N) is 3. The first-order valence-electron chi connectivity index (χ1n) is 8.35. The van der Waals surface area contributed by atoms with Crippen LogP contribution in [0.5, 0.6) is 0 Å². The maximum Gasteiger partial charge on any atom is 0.419 e. The van der Waals surface area contributed by atoms with Crippen molar-refractivity contribution >= 4 is 22.9 Å². The summed E-state index contributed by atoms with van der Waals surface area (Å²) < 4.78 is 6.47. The largest absolute Gasteiger partial charge is 0.419 e. The zero-order valence-electron chi connectivity index (χ0n) is 14.3. The summed E-state index contributed by atoms with van der Waals surface area (Å²) in [6.07, 6.45) is 3.39. The van der Waals surface area contributed by atoms with Crippen molar-refractivity contribution in [2.24, 2.45) is 7.05 Å². The predicted molar refractivity (Wildman–Crippen MR) is 94.1 cm³/mol. The van der Waals surface area contributed by atoms with Gasteiger partial charge in [-0.2, -0.15) is 0 Å². The molecule has 1 fully saturated rings. The zero-order chi connectivity index (χ0) is 18.3. The van der Waals surface area contributed by atoms with Gasteiger partial charge in [0.1, 0.15) is 0 Å². The van der Waals surface area contributed by atoms with Crippen LogP contribution in [0.4, 0.5) is 0 Å². The van der Waals surface area contributed by atoms with E-state index in [2.05, 4.69) is 4.98 Å². The van der Waals surface area contributed by atoms with Crippen LogP contribution in [0.25, 0.3) is 11.1 Å². The molecule has 0 saturated carbocycles. The Morgan fingerprint density at radius 1 is 1.00 bits per heavy atom. The molecule has 1 aliphatic heterocycles. The second-order valence-electron chi connectivity index (χ2n) is 6.29. The highest BCUT2D eigenvalue weighted by atomic mass is 16.4. The molecular weight excluding hydrogens is 336 g/mol. The molecule has 2 amide bonds. The number of aryl methyl sites for hydroxylation is 1. The highest BCUT2D eigenvalue weighted by molar-refractivity contribution is 5.98. The van der Waals surface area contributed by atoms with E-state index in [1.54, 1.807) is 53.5 Å². The quantitative estimate of drug-likeness (QED) is 0.745. The SMILES string of the molecule is Cn1c(=O)oc2ccc(C(=O)N3CCN(C(=O)c4cc[nH]c4)CC3)cc21. The molecule has 0 spiro atoms. The molecule has 8 nitrogen and oxygen atoms in total. The van der Waals surface area contributed by atoms with E-state index in [-0.39, 0.29) is 11.8 Å². The summed E-state index contributed by atoms with van der Waals surface area (Å²) in [5, 5.41) is 0. The van der Waals surface area contributed by atoms with E-state index in [0.717, 1.165) is 0 Å². The predicted octanol–water partition coefficient (Wildman–Crippen LogP) is 1.06. The molecular formula is C18H18N4O4. The highest BCUT2D eigenvalue weighted by Crippen LogP contribution is 2.17. The third-order valence-electron chi connectivity index (χ3n) is 4.74. The van der Waals surface area contributed by atoms with E-state index >= 15 is 0 Å². The van der Waals surface area contributed by atoms with Gasteiger partial charge in [0.15, 0.2) is 5.58 Å². The van der Waals surface area contributed by atoms with Gasteiger partial charge in [0.05, 0.1) is 11.1 Å². The average molecular weight is 354 g/mol. The fourth-order valence-corrected chi connectivity index (χ4v) is 3.19. The fourth-order valence-electron chi connectivity index (χ4n) is 3.19. The molecule has 1 saturated heterocycles. The number of benzene rings is 1. The maximum absolute atomic E-state index is 12.8. The average Bonchev–Trinajstić information content (AvgIpc) is 3.30. The van der Waals surface area contributed by atoms with Crippen LogP contribution in [0.3, 0.4) is 0 Å². The first-order chi connectivity index (χ1) is 12.5. The fraction of sp³-hybridized carbons (Fsp3) is 0.278. The highest BCUT2D eigenvalue weighted by Gasteiger charge is 2.26. The molecule has 1 aromatic carbocycles. The summed E-state index contributed by atoms with van der Waals surface area (Å²) in [5.41, 5.74) is 2.16. The van der Waals surface area contributed by atoms with Crippen LogP contribution >= 0.6 is 0 Å². The monoisotopic (exact) mass is 354 g/mol. The number of carbonyl (C=O) groups excluding carboxylic acids is 2. The number of piperazine rings is 1. The molecule has 0 radical (unpaired) electrons. The summed E-state index contributed by atoms with van der Waals surface area (Å²) >= 11 is 0. The topological polar surface area (TPSA) is 91.6 Å². The van der Waals surface area contributed by atoms with Crippen LogP contribution < -0.4 is 5.76 Å². The lowest BCUT2D eigenvalue weighted by Crippen LogP contribution is -2.50. The van der Waals surface area contributed by atoms with E-state index in [1.807, 2.05) is 0 Å². The molecule has 2 aromatic heterocycles. The number of oxazole rings is 1. The van der Waals surface area contributed by atoms with Gasteiger partial charge in [-0.05, 0) is 24.3 Å². The van der Waals surface area contributed by atoms with Gasteiger partial charge in [-0.25, -0.2) is 4.79 Å². The van der Waals surface area contributed by atoms with Crippen molar-refractivity contribution in [2.75, 3.05) is 26.2 Å². The molecule has 1 N–H and O–H groups in total. The summed E-state index contributed by atoms with van der Waals surface area (Å²) in [4.78, 5) is 43.0. The Labute approximate surface area is 148 Å². The van der Waals surface area contributed by atoms with Gasteiger partial charge in [0.25, 0.3) is 11.8 Å². The number of hydrogen-bond acceptors (Lipinski definition) is 4. The summed E-state index contributed by atoms with van der Waals surface area (Å²) in [5.74, 6) is -0.607. The number of aromatic nitrogens is 2. The number of rotatable bonds is 2. The van der Waals surface area contributed by atoms with Crippen molar-refractivity contribution in [2.45, 2.75) is 0 Å². The lowest BCUT2D eigenvalue weighted by atomic mass is 10.1. The molecule has 1 aliphatic rings. The number of nitrogens with one attached hydrogen (secondary N) is 1. The lowest BCUT2D eigenvalue weighted by Gasteiger charge is -2.34. The Bertz CT molecular complexity index is 1020. The van der Waals surface area contributed by atoms with Gasteiger partial charge in [-0.1, -0.05) is 0 Å². The molecule has 3 heterocycles. The standard InChI is InChI=1S/C18H18N4O4/c1-20-14-10-12(2-3-15(14)26-18(20)25)16(23)21-6-8-22(9-7-21)17(24)13-4-5-19-11-13/h2-5,10-11,19H,6-9H2,1H3. The Morgan fingerprint density at radius 2 is 1.65 bits per heavy atom. The smallest absolute Gasteiger partial charge is 0.408 e. The van der Waals surface area contributed by atoms with Gasteiger partial charge in [0.2, 0.25) is 0 Å². The molecule has 26 heavy (non-hydrogen) atoms. The number of hydrogen-bond donors (Lipinski definition) is 1. The zero-order valence-corrected chi connectivity index (χ0v) is 14.3. The summed E-state index contributed by atoms with van der Waals surface area (Å²) in [6.45, 7) is 1.92. The normalized spacial score (nSPS) is 14.8. The second-order valence-corrected chi connectivity index (χ2v) is 6.29. The van der Waals surface area contributed by atoms with Crippen LogP contribution in [0, 0.1) is 0 Å². The van der Waals surface area contributed by atoms with Gasteiger partial charge < -0.3 is 19.2 Å². The van der Waals surface area contributed by atoms with Crippen molar-refractivity contribution in [3.05, 3.63) is 58.3 Å². The maximum atomic E-state index is 12.8. The van der Waals surface area contributed by atoms with Gasteiger partial charge in [-0.15, -0.1) is 0 Å². The van der Waals surface area contributed by atoms with Gasteiger partial charge in [-0.3, -0.25) is 14.2 Å². The molecule has 0 aliphatic carbocycles. The van der Waals surface area contributed by atoms with Crippen LogP contribution in [0.2, 0.25) is 0 Å². The molecule has 8 heteroatoms. The van der Waals surface area contributed by atoms with E-state index in [4.69, 9.17) is 4.42 Å². The molecule has 134 valence electrons. The lowest BCUT2D eigenvalue weighted by molar-refractivity contribution is 0.0535. The first-order valence-corrected chi connectivity index (χ1v) is 8.35. The van der Waals surface area contributed by atoms with Crippen molar-refractivity contribution in [1.82, 2.24) is 19.4 Å². The van der Waals surface area contributed by atoms with Gasteiger partial charge >= 0.3 is 5.76 Å². The Kier molecular flexibility index (Phi) is 3.87. The molecule has 3 aromatic rings. The number of carbonyl (C=O) groups is 2. The van der Waals surface area contributed by atoms with Crippen LogP contribution in [0.15, 0.2) is 45.9 Å². The van der Waals surface area contributed by atoms with Crippen LogP contribution in [-0.4, -0.2) is 57.3 Å². The Hall–Kier alpha value is -3.29. The number of H-pyrrole nitrogens is 1. The van der Waals surface area contributed by atoms with E-state index in [1.165, 1.54) is 4.57 Å². The first kappa shape index (κ1) is 16.2. The van der Waals surface area contributed by atoms with Crippen molar-refractivity contribution in [1.29, 1.82) is 0 Å². The third kappa shape index (κ3) is 2.69. The summed E-state index contributed by atoms with van der Waals surface area (Å²) in [6, 6.07) is 6.70. The minimum atomic E-state index is -0.457. The van der Waals surface area contributed by atoms with Crippen molar-refractivity contribution < 1.29 is 14.0 Å². The Morgan fingerprint density at radius 3 is 2.27 bits per heavy atom. The van der Waals surface area contributed by atoms with E-state index in [9.17, 15) is 14.4 Å². The van der Waals surface area contributed by atoms with Crippen LogP contribution in [0.1, 0.15) is 20.7 Å². The van der Waals surface area contributed by atoms with Crippen LogP contribution in [-0.2, 0) is 7.05 Å². The molecule has 0 bridgehead atoms. The summed E-state index contributed by atoms with van der Waals surface area (Å²) in [7, 11) is 1.60. The number of amides is 2. The van der Waals surface area contributed by atoms with E-state index in [0.29, 0.717) is 48.4 Å². The minimum absolute atomic E-state index is 0.0341. The second kappa shape index (κ2) is 6.21. The third-order valence-corrected chi connectivity index (χ3v) is 4.74.